The van der Waals surface area contributed by atoms with E-state index in [2.05, 4.69) is 0 Å². The summed E-state index contributed by atoms with van der Waals surface area (Å²) in [5, 5.41) is 0. The molecular formula is C14H14O2. The summed E-state index contributed by atoms with van der Waals surface area (Å²) in [6.07, 6.45) is 0.615. The fourth-order valence-electron chi connectivity index (χ4n) is 2.14. The summed E-state index contributed by atoms with van der Waals surface area (Å²) in [7, 11) is 0. The van der Waals surface area contributed by atoms with E-state index in [4.69, 9.17) is 0 Å². The topological polar surface area (TPSA) is 34.1 Å². The minimum Gasteiger partial charge on any atom is -0.289 e. The Balaban J connectivity index is 2.69. The molecule has 0 saturated carbocycles. The van der Waals surface area contributed by atoms with Gasteiger partial charge in [0.05, 0.1) is 0 Å². The van der Waals surface area contributed by atoms with Gasteiger partial charge in [0.1, 0.15) is 0 Å². The fraction of sp³-hybridized carbons (Fsp3) is 0.286. The maximum Gasteiger partial charge on any atom is 0.190 e. The van der Waals surface area contributed by atoms with Crippen molar-refractivity contribution >= 4 is 11.6 Å². The molecule has 2 rings (SSSR count). The Hall–Kier alpha value is -1.70. The normalized spacial score (nSPS) is 15.4. The van der Waals surface area contributed by atoms with Gasteiger partial charge in [-0.3, -0.25) is 9.59 Å². The molecule has 2 heteroatoms. The first kappa shape index (κ1) is 10.8. The minimum atomic E-state index is -0.00792. The molecule has 0 spiro atoms. The Kier molecular flexibility index (Phi) is 2.50. The van der Waals surface area contributed by atoms with E-state index in [9.17, 15) is 9.59 Å². The molecule has 0 fully saturated rings. The molecule has 0 N–H and O–H groups in total. The van der Waals surface area contributed by atoms with Crippen LogP contribution in [0.2, 0.25) is 0 Å². The second kappa shape index (κ2) is 3.71. The Morgan fingerprint density at radius 1 is 1.00 bits per heavy atom. The number of Topliss-reactive ketones (excluding diaryl/α,β-unsaturated/α-hetero) is 2. The van der Waals surface area contributed by atoms with Gasteiger partial charge in [-0.1, -0.05) is 24.6 Å². The standard InChI is InChI=1S/C14H14O2/c1-4-10-9(3)13(15)11-6-5-8(2)7-12(11)14(10)16/h5-7H,4H2,1-3H3. The van der Waals surface area contributed by atoms with E-state index >= 15 is 0 Å². The number of hydrogen-bond acceptors (Lipinski definition) is 2. The lowest BCUT2D eigenvalue weighted by atomic mass is 9.83. The van der Waals surface area contributed by atoms with Gasteiger partial charge in [-0.05, 0) is 26.3 Å². The average molecular weight is 214 g/mol. The van der Waals surface area contributed by atoms with Crippen LogP contribution in [0.1, 0.15) is 46.5 Å². The highest BCUT2D eigenvalue weighted by atomic mass is 16.1. The van der Waals surface area contributed by atoms with Gasteiger partial charge in [-0.25, -0.2) is 0 Å². The lowest BCUT2D eigenvalue weighted by molar-refractivity contribution is 0.0972. The molecule has 0 amide bonds. The zero-order valence-corrected chi connectivity index (χ0v) is 9.76. The van der Waals surface area contributed by atoms with Gasteiger partial charge in [-0.15, -0.1) is 0 Å². The van der Waals surface area contributed by atoms with Crippen LogP contribution in [-0.4, -0.2) is 11.6 Å². The molecule has 1 aromatic carbocycles. The van der Waals surface area contributed by atoms with Crippen molar-refractivity contribution in [3.63, 3.8) is 0 Å². The maximum absolute atomic E-state index is 12.1. The lowest BCUT2D eigenvalue weighted by Crippen LogP contribution is -2.20. The number of carbonyl (C=O) groups excluding carboxylic acids is 2. The molecule has 2 nitrogen and oxygen atoms in total. The lowest BCUT2D eigenvalue weighted by Gasteiger charge is -2.18. The van der Waals surface area contributed by atoms with E-state index in [0.717, 1.165) is 5.56 Å². The molecule has 1 aliphatic carbocycles. The van der Waals surface area contributed by atoms with Crippen LogP contribution in [0.4, 0.5) is 0 Å². The molecule has 16 heavy (non-hydrogen) atoms. The van der Waals surface area contributed by atoms with Gasteiger partial charge in [-0.2, -0.15) is 0 Å². The first-order chi connectivity index (χ1) is 7.56. The van der Waals surface area contributed by atoms with Gasteiger partial charge in [0.25, 0.3) is 0 Å². The summed E-state index contributed by atoms with van der Waals surface area (Å²) >= 11 is 0. The predicted octanol–water partition coefficient (Wildman–Crippen LogP) is 3.10. The highest BCUT2D eigenvalue weighted by molar-refractivity contribution is 6.26. The molecule has 0 heterocycles. The molecule has 1 aromatic rings. The number of rotatable bonds is 1. The van der Waals surface area contributed by atoms with E-state index in [1.165, 1.54) is 0 Å². The summed E-state index contributed by atoms with van der Waals surface area (Å²) in [6, 6.07) is 5.42. The number of benzene rings is 1. The maximum atomic E-state index is 12.1. The van der Waals surface area contributed by atoms with Crippen molar-refractivity contribution in [2.24, 2.45) is 0 Å². The van der Waals surface area contributed by atoms with Crippen LogP contribution in [0.15, 0.2) is 29.3 Å². The van der Waals surface area contributed by atoms with Crippen molar-refractivity contribution < 1.29 is 9.59 Å². The predicted molar refractivity (Wildman–Crippen MR) is 62.8 cm³/mol. The van der Waals surface area contributed by atoms with Crippen LogP contribution in [0.5, 0.6) is 0 Å². The van der Waals surface area contributed by atoms with E-state index in [1.807, 2.05) is 19.9 Å². The van der Waals surface area contributed by atoms with Crippen LogP contribution < -0.4 is 0 Å². The summed E-state index contributed by atoms with van der Waals surface area (Å²) in [5.74, 6) is 0.00440. The van der Waals surface area contributed by atoms with Crippen molar-refractivity contribution in [1.29, 1.82) is 0 Å². The minimum absolute atomic E-state index is 0.00792. The molecule has 0 bridgehead atoms. The Bertz CT molecular complexity index is 522. The third kappa shape index (κ3) is 1.42. The molecule has 0 aromatic heterocycles. The zero-order valence-electron chi connectivity index (χ0n) is 9.76. The van der Waals surface area contributed by atoms with E-state index < -0.39 is 0 Å². The second-order valence-corrected chi connectivity index (χ2v) is 4.16. The summed E-state index contributed by atoms with van der Waals surface area (Å²) in [6.45, 7) is 5.57. The molecule has 0 radical (unpaired) electrons. The highest BCUT2D eigenvalue weighted by Crippen LogP contribution is 2.28. The number of carbonyl (C=O) groups is 2. The molecule has 0 aliphatic heterocycles. The van der Waals surface area contributed by atoms with Gasteiger partial charge >= 0.3 is 0 Å². The largest absolute Gasteiger partial charge is 0.289 e. The Morgan fingerprint density at radius 3 is 2.31 bits per heavy atom. The first-order valence-electron chi connectivity index (χ1n) is 5.46. The third-order valence-corrected chi connectivity index (χ3v) is 3.09. The van der Waals surface area contributed by atoms with E-state index in [0.29, 0.717) is 28.7 Å². The summed E-state index contributed by atoms with van der Waals surface area (Å²) in [5.41, 5.74) is 3.37. The van der Waals surface area contributed by atoms with Crippen molar-refractivity contribution in [3.05, 3.63) is 46.0 Å². The first-order valence-corrected chi connectivity index (χ1v) is 5.46. The molecule has 0 atom stereocenters. The number of aryl methyl sites for hydroxylation is 1. The SMILES string of the molecule is CCC1=C(C)C(=O)c2ccc(C)cc2C1=O. The molecule has 0 unspecified atom stereocenters. The van der Waals surface area contributed by atoms with Gasteiger partial charge in [0, 0.05) is 22.3 Å². The van der Waals surface area contributed by atoms with Gasteiger partial charge in [0.15, 0.2) is 11.6 Å². The van der Waals surface area contributed by atoms with Gasteiger partial charge in [0.2, 0.25) is 0 Å². The van der Waals surface area contributed by atoms with Gasteiger partial charge < -0.3 is 0 Å². The third-order valence-electron chi connectivity index (χ3n) is 3.09. The molecule has 0 saturated heterocycles. The molecular weight excluding hydrogens is 200 g/mol. The van der Waals surface area contributed by atoms with Crippen molar-refractivity contribution in [2.75, 3.05) is 0 Å². The van der Waals surface area contributed by atoms with Crippen LogP contribution in [-0.2, 0) is 0 Å². The smallest absolute Gasteiger partial charge is 0.190 e. The Labute approximate surface area is 95.0 Å². The Morgan fingerprint density at radius 2 is 1.69 bits per heavy atom. The van der Waals surface area contributed by atoms with E-state index in [-0.39, 0.29) is 11.6 Å². The second-order valence-electron chi connectivity index (χ2n) is 4.16. The van der Waals surface area contributed by atoms with Crippen molar-refractivity contribution in [3.8, 4) is 0 Å². The van der Waals surface area contributed by atoms with Crippen LogP contribution in [0.3, 0.4) is 0 Å². The van der Waals surface area contributed by atoms with Crippen molar-refractivity contribution in [1.82, 2.24) is 0 Å². The summed E-state index contributed by atoms with van der Waals surface area (Å²) < 4.78 is 0. The highest BCUT2D eigenvalue weighted by Gasteiger charge is 2.28. The number of ketones is 2. The summed E-state index contributed by atoms with van der Waals surface area (Å²) in [4.78, 5) is 24.2. The van der Waals surface area contributed by atoms with Crippen LogP contribution >= 0.6 is 0 Å². The molecule has 82 valence electrons. The van der Waals surface area contributed by atoms with Crippen molar-refractivity contribution in [2.45, 2.75) is 27.2 Å². The number of fused-ring (bicyclic) bond motifs is 1. The average Bonchev–Trinajstić information content (AvgIpc) is 2.27. The monoisotopic (exact) mass is 214 g/mol. The zero-order chi connectivity index (χ0) is 11.9. The number of allylic oxidation sites excluding steroid dienone is 2. The molecule has 1 aliphatic rings. The van der Waals surface area contributed by atoms with Crippen LogP contribution in [0, 0.1) is 6.92 Å². The van der Waals surface area contributed by atoms with Crippen LogP contribution in [0.25, 0.3) is 0 Å². The quantitative estimate of drug-likeness (QED) is 0.719. The fourth-order valence-corrected chi connectivity index (χ4v) is 2.14. The van der Waals surface area contributed by atoms with E-state index in [1.54, 1.807) is 19.1 Å². The number of hydrogen-bond donors (Lipinski definition) is 0.